The van der Waals surface area contributed by atoms with E-state index in [1.807, 2.05) is 30.3 Å². The Kier molecular flexibility index (Phi) is 5.73. The van der Waals surface area contributed by atoms with Crippen molar-refractivity contribution in [2.45, 2.75) is 71.8 Å². The summed E-state index contributed by atoms with van der Waals surface area (Å²) in [6.07, 6.45) is 17.3. The second-order valence-corrected chi connectivity index (χ2v) is 11.6. The third kappa shape index (κ3) is 3.63. The molecule has 5 rings (SSSR count). The first-order valence-electron chi connectivity index (χ1n) is 12.9. The Labute approximate surface area is 203 Å². The number of carbonyl (C=O) groups is 3. The van der Waals surface area contributed by atoms with Gasteiger partial charge in [-0.1, -0.05) is 31.6 Å². The van der Waals surface area contributed by atoms with Gasteiger partial charge < -0.3 is 9.64 Å². The highest BCUT2D eigenvalue weighted by Crippen LogP contribution is 2.66. The number of esters is 1. The number of fused-ring (bicyclic) bond motifs is 5. The molecule has 0 N–H and O–H groups in total. The van der Waals surface area contributed by atoms with Gasteiger partial charge in [0, 0.05) is 31.0 Å². The van der Waals surface area contributed by atoms with Gasteiger partial charge in [-0.3, -0.25) is 9.59 Å². The summed E-state index contributed by atoms with van der Waals surface area (Å²) in [5, 5.41) is 0. The van der Waals surface area contributed by atoms with Gasteiger partial charge in [-0.2, -0.15) is 0 Å². The second kappa shape index (κ2) is 8.35. The lowest BCUT2D eigenvalue weighted by atomic mass is 9.47. The Balaban J connectivity index is 1.30. The van der Waals surface area contributed by atoms with Gasteiger partial charge in [0.1, 0.15) is 0 Å². The van der Waals surface area contributed by atoms with Crippen LogP contribution in [0.2, 0.25) is 0 Å². The molecule has 0 spiro atoms. The van der Waals surface area contributed by atoms with Crippen molar-refractivity contribution in [1.82, 2.24) is 4.90 Å². The molecular formula is C29H37NO4. The van der Waals surface area contributed by atoms with Crippen LogP contribution in [0.3, 0.4) is 0 Å². The molecule has 5 aliphatic rings. The van der Waals surface area contributed by atoms with Gasteiger partial charge in [0.2, 0.25) is 0 Å². The van der Waals surface area contributed by atoms with Gasteiger partial charge in [0.25, 0.3) is 0 Å². The summed E-state index contributed by atoms with van der Waals surface area (Å²) < 4.78 is 5.67. The van der Waals surface area contributed by atoms with Crippen molar-refractivity contribution >= 4 is 17.5 Å². The molecule has 3 saturated carbocycles. The molecule has 34 heavy (non-hydrogen) atoms. The number of ether oxygens (including phenoxy) is 1. The van der Waals surface area contributed by atoms with Crippen molar-refractivity contribution in [3.8, 4) is 0 Å². The highest BCUT2D eigenvalue weighted by atomic mass is 16.5. The van der Waals surface area contributed by atoms with E-state index in [0.717, 1.165) is 38.5 Å². The van der Waals surface area contributed by atoms with Crippen molar-refractivity contribution < 1.29 is 19.1 Å². The average Bonchev–Trinajstić information content (AvgIpc) is 3.16. The molecule has 1 heterocycles. The smallest absolute Gasteiger partial charge is 0.336 e. The largest absolute Gasteiger partial charge is 0.451 e. The SMILES string of the molecule is CC(OC(=O)C1=CN(C)C=CC1)C(=O)[C@H]1CC[C@H]2[C@@H]3CCC4=CC(=O)C=C[C@]4(C)[C@H]3CC[C@]12C. The zero-order valence-electron chi connectivity index (χ0n) is 20.9. The summed E-state index contributed by atoms with van der Waals surface area (Å²) >= 11 is 0. The molecular weight excluding hydrogens is 426 g/mol. The Bertz CT molecular complexity index is 1030. The molecule has 0 radical (unpaired) electrons. The maximum absolute atomic E-state index is 13.6. The number of hydrogen-bond acceptors (Lipinski definition) is 5. The molecule has 5 nitrogen and oxygen atoms in total. The Hall–Kier alpha value is -2.43. The summed E-state index contributed by atoms with van der Waals surface area (Å²) in [6, 6.07) is 0. The van der Waals surface area contributed by atoms with Crippen molar-refractivity contribution in [2.24, 2.45) is 34.5 Å². The van der Waals surface area contributed by atoms with Crippen LogP contribution >= 0.6 is 0 Å². The normalized spacial score (nSPS) is 39.4. The lowest BCUT2D eigenvalue weighted by molar-refractivity contribution is -0.154. The lowest BCUT2D eigenvalue weighted by Crippen LogP contribution is -2.51. The zero-order valence-corrected chi connectivity index (χ0v) is 20.9. The van der Waals surface area contributed by atoms with Gasteiger partial charge in [0.15, 0.2) is 17.7 Å². The number of hydrogen-bond donors (Lipinski definition) is 0. The van der Waals surface area contributed by atoms with Gasteiger partial charge in [-0.05, 0) is 87.0 Å². The number of ketones is 2. The first-order valence-corrected chi connectivity index (χ1v) is 12.9. The third-order valence-electron chi connectivity index (χ3n) is 9.88. The number of nitrogens with zero attached hydrogens (tertiary/aromatic N) is 1. The van der Waals surface area contributed by atoms with Gasteiger partial charge in [0.05, 0.1) is 5.57 Å². The van der Waals surface area contributed by atoms with E-state index in [4.69, 9.17) is 4.74 Å². The molecule has 182 valence electrons. The molecule has 0 amide bonds. The fourth-order valence-electron chi connectivity index (χ4n) is 8.07. The molecule has 7 atom stereocenters. The Morgan fingerprint density at radius 3 is 2.71 bits per heavy atom. The van der Waals surface area contributed by atoms with E-state index in [-0.39, 0.29) is 28.3 Å². The first-order chi connectivity index (χ1) is 16.1. The second-order valence-electron chi connectivity index (χ2n) is 11.6. The van der Waals surface area contributed by atoms with E-state index in [0.29, 0.717) is 29.7 Å². The summed E-state index contributed by atoms with van der Waals surface area (Å²) in [6.45, 7) is 6.37. The topological polar surface area (TPSA) is 63.7 Å². The van der Waals surface area contributed by atoms with E-state index >= 15 is 0 Å². The summed E-state index contributed by atoms with van der Waals surface area (Å²) in [7, 11) is 1.87. The van der Waals surface area contributed by atoms with Crippen LogP contribution in [0.25, 0.3) is 0 Å². The molecule has 3 fully saturated rings. The van der Waals surface area contributed by atoms with Crippen LogP contribution in [-0.2, 0) is 19.1 Å². The summed E-state index contributed by atoms with van der Waals surface area (Å²) in [4.78, 5) is 40.1. The van der Waals surface area contributed by atoms with Crippen LogP contribution in [0.15, 0.2) is 47.9 Å². The Morgan fingerprint density at radius 2 is 1.94 bits per heavy atom. The molecule has 0 saturated heterocycles. The van der Waals surface area contributed by atoms with E-state index in [1.54, 1.807) is 19.2 Å². The number of allylic oxidation sites excluding steroid dienone is 5. The minimum absolute atomic E-state index is 0.0294. The molecule has 5 heteroatoms. The first kappa shape index (κ1) is 23.3. The van der Waals surface area contributed by atoms with Crippen molar-refractivity contribution in [3.05, 3.63) is 47.9 Å². The fraction of sp³-hybridized carbons (Fsp3) is 0.621. The standard InChI is InChI=1S/C29H37NO4/c1-18(34-27(33)19-6-5-15-30(4)17-19)26(32)25-10-9-23-22-8-7-20-16-21(31)11-13-28(20,2)24(22)12-14-29(23,25)3/h5,11,13,15-18,22-25H,6-10,12,14H2,1-4H3/t18?,22-,23-,24-,25+,28-,29-/m0/s1. The summed E-state index contributed by atoms with van der Waals surface area (Å²) in [5.74, 6) is 1.37. The molecule has 0 aromatic rings. The minimum atomic E-state index is -0.728. The average molecular weight is 464 g/mol. The van der Waals surface area contributed by atoms with Crippen LogP contribution in [0.4, 0.5) is 0 Å². The maximum atomic E-state index is 13.6. The Morgan fingerprint density at radius 1 is 1.15 bits per heavy atom. The minimum Gasteiger partial charge on any atom is -0.451 e. The van der Waals surface area contributed by atoms with E-state index < -0.39 is 12.1 Å². The number of Topliss-reactive ketones (excluding diaryl/α,β-unsaturated/α-hetero) is 1. The van der Waals surface area contributed by atoms with Crippen LogP contribution in [0.5, 0.6) is 0 Å². The molecule has 0 bridgehead atoms. The molecule has 1 unspecified atom stereocenters. The molecule has 4 aliphatic carbocycles. The van der Waals surface area contributed by atoms with Crippen molar-refractivity contribution in [2.75, 3.05) is 7.05 Å². The number of rotatable bonds is 4. The predicted octanol–water partition coefficient (Wildman–Crippen LogP) is 5.14. The summed E-state index contributed by atoms with van der Waals surface area (Å²) in [5.41, 5.74) is 1.81. The van der Waals surface area contributed by atoms with E-state index in [1.165, 1.54) is 5.57 Å². The lowest BCUT2D eigenvalue weighted by Gasteiger charge is -2.57. The van der Waals surface area contributed by atoms with E-state index in [9.17, 15) is 14.4 Å². The fourth-order valence-corrected chi connectivity index (χ4v) is 8.07. The third-order valence-corrected chi connectivity index (χ3v) is 9.88. The van der Waals surface area contributed by atoms with Gasteiger partial charge in [-0.15, -0.1) is 0 Å². The van der Waals surface area contributed by atoms with Crippen LogP contribution in [-0.4, -0.2) is 35.6 Å². The molecule has 0 aromatic heterocycles. The highest BCUT2D eigenvalue weighted by Gasteiger charge is 2.60. The predicted molar refractivity (Wildman–Crippen MR) is 130 cm³/mol. The van der Waals surface area contributed by atoms with Crippen LogP contribution < -0.4 is 0 Å². The van der Waals surface area contributed by atoms with Crippen LogP contribution in [0, 0.1) is 34.5 Å². The quantitative estimate of drug-likeness (QED) is 0.540. The monoisotopic (exact) mass is 463 g/mol. The maximum Gasteiger partial charge on any atom is 0.336 e. The van der Waals surface area contributed by atoms with E-state index in [2.05, 4.69) is 19.9 Å². The molecule has 0 aromatic carbocycles. The number of carbonyl (C=O) groups excluding carboxylic acids is 3. The van der Waals surface area contributed by atoms with Gasteiger partial charge in [-0.25, -0.2) is 4.79 Å². The zero-order chi connectivity index (χ0) is 24.3. The van der Waals surface area contributed by atoms with Crippen molar-refractivity contribution in [1.29, 1.82) is 0 Å². The van der Waals surface area contributed by atoms with Gasteiger partial charge >= 0.3 is 5.97 Å². The highest BCUT2D eigenvalue weighted by molar-refractivity contribution is 6.01. The molecule has 1 aliphatic heterocycles. The van der Waals surface area contributed by atoms with Crippen LogP contribution in [0.1, 0.15) is 65.7 Å². The van der Waals surface area contributed by atoms with Crippen molar-refractivity contribution in [3.63, 3.8) is 0 Å².